The molecule has 1 aromatic carbocycles. The molecule has 0 aliphatic carbocycles. The highest BCUT2D eigenvalue weighted by molar-refractivity contribution is 5.81. The van der Waals surface area contributed by atoms with Crippen LogP contribution in [-0.4, -0.2) is 47.5 Å². The molecule has 5 nitrogen and oxygen atoms in total. The van der Waals surface area contributed by atoms with Gasteiger partial charge in [-0.15, -0.1) is 0 Å². The zero-order valence-corrected chi connectivity index (χ0v) is 15.5. The van der Waals surface area contributed by atoms with Gasteiger partial charge in [-0.05, 0) is 30.5 Å². The number of halogens is 3. The van der Waals surface area contributed by atoms with Crippen molar-refractivity contribution in [2.75, 3.05) is 31.6 Å². The molecule has 0 radical (unpaired) electrons. The predicted molar refractivity (Wildman–Crippen MR) is 100.0 cm³/mol. The van der Waals surface area contributed by atoms with Crippen LogP contribution in [0.4, 0.5) is 19.1 Å². The summed E-state index contributed by atoms with van der Waals surface area (Å²) in [6, 6.07) is 3.70. The van der Waals surface area contributed by atoms with Gasteiger partial charge in [0.05, 0.1) is 12.4 Å². The lowest BCUT2D eigenvalue weighted by molar-refractivity contribution is -0.130. The summed E-state index contributed by atoms with van der Waals surface area (Å²) in [7, 11) is 1.79. The van der Waals surface area contributed by atoms with Crippen LogP contribution in [0, 0.1) is 23.4 Å². The first kappa shape index (κ1) is 19.9. The van der Waals surface area contributed by atoms with Crippen molar-refractivity contribution in [2.24, 2.45) is 5.92 Å². The third kappa shape index (κ3) is 4.88. The van der Waals surface area contributed by atoms with E-state index in [4.69, 9.17) is 0 Å². The second-order valence-corrected chi connectivity index (χ2v) is 6.75. The van der Waals surface area contributed by atoms with Gasteiger partial charge in [0.2, 0.25) is 11.9 Å². The third-order valence-corrected chi connectivity index (χ3v) is 4.74. The minimum Gasteiger partial charge on any atom is -0.342 e. The summed E-state index contributed by atoms with van der Waals surface area (Å²) in [6.07, 6.45) is 7.02. The lowest BCUT2D eigenvalue weighted by Gasteiger charge is -2.22. The first-order chi connectivity index (χ1) is 13.4. The maximum Gasteiger partial charge on any atom is 0.226 e. The molecule has 0 saturated carbocycles. The number of allylic oxidation sites excluding steroid dienone is 1. The van der Waals surface area contributed by atoms with Crippen LogP contribution < -0.4 is 4.90 Å². The van der Waals surface area contributed by atoms with Gasteiger partial charge in [0.1, 0.15) is 0 Å². The van der Waals surface area contributed by atoms with E-state index in [9.17, 15) is 18.0 Å². The van der Waals surface area contributed by atoms with E-state index in [-0.39, 0.29) is 11.8 Å². The normalized spacial score (nSPS) is 16.9. The largest absolute Gasteiger partial charge is 0.342 e. The van der Waals surface area contributed by atoms with E-state index in [0.717, 1.165) is 30.9 Å². The molecule has 148 valence electrons. The first-order valence-corrected chi connectivity index (χ1v) is 9.03. The van der Waals surface area contributed by atoms with E-state index in [0.29, 0.717) is 37.6 Å². The number of aromatic nitrogens is 2. The number of anilines is 1. The molecule has 1 aromatic heterocycles. The number of hydrogen-bond donors (Lipinski definition) is 0. The van der Waals surface area contributed by atoms with Crippen molar-refractivity contribution < 1.29 is 18.0 Å². The zero-order chi connectivity index (χ0) is 20.1. The van der Waals surface area contributed by atoms with Crippen molar-refractivity contribution in [1.29, 1.82) is 0 Å². The average Bonchev–Trinajstić information content (AvgIpc) is 3.03. The lowest BCUT2D eigenvalue weighted by atomic mass is 10.0. The van der Waals surface area contributed by atoms with Gasteiger partial charge >= 0.3 is 0 Å². The maximum absolute atomic E-state index is 13.2. The van der Waals surface area contributed by atoms with Crippen LogP contribution in [0.25, 0.3) is 6.08 Å². The van der Waals surface area contributed by atoms with Crippen LogP contribution in [0.5, 0.6) is 0 Å². The van der Waals surface area contributed by atoms with E-state index in [2.05, 4.69) is 9.97 Å². The van der Waals surface area contributed by atoms with Gasteiger partial charge in [-0.25, -0.2) is 23.1 Å². The Morgan fingerprint density at radius 1 is 1.21 bits per heavy atom. The van der Waals surface area contributed by atoms with E-state index >= 15 is 0 Å². The first-order valence-electron chi connectivity index (χ1n) is 9.03. The van der Waals surface area contributed by atoms with E-state index in [1.165, 1.54) is 6.07 Å². The SMILES string of the molecule is CN(CCN1CC[C@H](C/C=C/c2ccc(F)c(F)c2)C1=O)c1ncc(F)cn1. The summed E-state index contributed by atoms with van der Waals surface area (Å²) in [5.41, 5.74) is 0.558. The maximum atomic E-state index is 13.2. The standard InChI is InChI=1S/C20H21F3N4O/c1-26(20-24-12-16(21)13-25-20)9-10-27-8-7-15(19(27)28)4-2-3-14-5-6-17(22)18(23)11-14/h2-3,5-6,11-13,15H,4,7-10H2,1H3/b3-2+/t15-/m0/s1. The van der Waals surface area contributed by atoms with Crippen LogP contribution >= 0.6 is 0 Å². The van der Waals surface area contributed by atoms with Crippen molar-refractivity contribution in [3.05, 3.63) is 59.7 Å². The number of likely N-dealkylation sites (tertiary alicyclic amines) is 1. The molecule has 0 bridgehead atoms. The Labute approximate surface area is 161 Å². The van der Waals surface area contributed by atoms with Crippen LogP contribution in [0.1, 0.15) is 18.4 Å². The molecule has 1 amide bonds. The van der Waals surface area contributed by atoms with Crippen LogP contribution in [0.3, 0.4) is 0 Å². The molecular formula is C20H21F3N4O. The minimum atomic E-state index is -0.889. The Kier molecular flexibility index (Phi) is 6.28. The summed E-state index contributed by atoms with van der Waals surface area (Å²) < 4.78 is 39.0. The highest BCUT2D eigenvalue weighted by Gasteiger charge is 2.30. The molecule has 0 N–H and O–H groups in total. The fourth-order valence-corrected chi connectivity index (χ4v) is 3.10. The van der Waals surface area contributed by atoms with Crippen LogP contribution in [0.2, 0.25) is 0 Å². The lowest BCUT2D eigenvalue weighted by Crippen LogP contribution is -2.35. The van der Waals surface area contributed by atoms with Gasteiger partial charge in [-0.1, -0.05) is 18.2 Å². The molecule has 0 spiro atoms. The fraction of sp³-hybridized carbons (Fsp3) is 0.350. The molecule has 1 fully saturated rings. The highest BCUT2D eigenvalue weighted by Crippen LogP contribution is 2.22. The number of carbonyl (C=O) groups is 1. The van der Waals surface area contributed by atoms with Gasteiger partial charge in [-0.3, -0.25) is 4.79 Å². The fourth-order valence-electron chi connectivity index (χ4n) is 3.10. The highest BCUT2D eigenvalue weighted by atomic mass is 19.2. The molecule has 0 unspecified atom stereocenters. The van der Waals surface area contributed by atoms with Crippen molar-refractivity contribution in [3.63, 3.8) is 0 Å². The number of nitrogens with zero attached hydrogens (tertiary/aromatic N) is 4. The van der Waals surface area contributed by atoms with Gasteiger partial charge in [0.15, 0.2) is 17.5 Å². The van der Waals surface area contributed by atoms with E-state index in [1.54, 1.807) is 22.9 Å². The number of rotatable bonds is 7. The molecule has 1 saturated heterocycles. The molecule has 28 heavy (non-hydrogen) atoms. The van der Waals surface area contributed by atoms with Crippen molar-refractivity contribution in [2.45, 2.75) is 12.8 Å². The van der Waals surface area contributed by atoms with Crippen molar-refractivity contribution in [1.82, 2.24) is 14.9 Å². The van der Waals surface area contributed by atoms with Crippen molar-refractivity contribution >= 4 is 17.9 Å². The number of benzene rings is 1. The number of hydrogen-bond acceptors (Lipinski definition) is 4. The number of likely N-dealkylation sites (N-methyl/N-ethyl adjacent to an activating group) is 1. The van der Waals surface area contributed by atoms with E-state index < -0.39 is 17.5 Å². The van der Waals surface area contributed by atoms with Crippen molar-refractivity contribution in [3.8, 4) is 0 Å². The Hall–Kier alpha value is -2.90. The molecule has 2 aromatic rings. The Morgan fingerprint density at radius 2 is 1.96 bits per heavy atom. The van der Waals surface area contributed by atoms with Crippen LogP contribution in [-0.2, 0) is 4.79 Å². The summed E-state index contributed by atoms with van der Waals surface area (Å²) in [6.45, 7) is 1.73. The quantitative estimate of drug-likeness (QED) is 0.728. The van der Waals surface area contributed by atoms with Gasteiger partial charge < -0.3 is 9.80 Å². The molecule has 8 heteroatoms. The average molecular weight is 390 g/mol. The summed E-state index contributed by atoms with van der Waals surface area (Å²) >= 11 is 0. The third-order valence-electron chi connectivity index (χ3n) is 4.74. The second-order valence-electron chi connectivity index (χ2n) is 6.75. The Morgan fingerprint density at radius 3 is 2.68 bits per heavy atom. The molecule has 1 aliphatic heterocycles. The zero-order valence-electron chi connectivity index (χ0n) is 15.5. The molecule has 1 aliphatic rings. The molecule has 1 atom stereocenters. The van der Waals surface area contributed by atoms with Gasteiger partial charge in [0, 0.05) is 32.6 Å². The monoisotopic (exact) mass is 390 g/mol. The van der Waals surface area contributed by atoms with Gasteiger partial charge in [-0.2, -0.15) is 0 Å². The Balaban J connectivity index is 1.48. The number of carbonyl (C=O) groups excluding carboxylic acids is 1. The summed E-state index contributed by atoms with van der Waals surface area (Å²) in [5.74, 6) is -1.91. The Bertz CT molecular complexity index is 857. The summed E-state index contributed by atoms with van der Waals surface area (Å²) in [4.78, 5) is 23.9. The molecular weight excluding hydrogens is 369 g/mol. The second kappa shape index (κ2) is 8.86. The minimum absolute atomic E-state index is 0.0726. The molecule has 2 heterocycles. The summed E-state index contributed by atoms with van der Waals surface area (Å²) in [5, 5.41) is 0. The topological polar surface area (TPSA) is 49.3 Å². The van der Waals surface area contributed by atoms with Gasteiger partial charge in [0.25, 0.3) is 0 Å². The number of amides is 1. The van der Waals surface area contributed by atoms with Crippen LogP contribution in [0.15, 0.2) is 36.7 Å². The smallest absolute Gasteiger partial charge is 0.226 e. The predicted octanol–water partition coefficient (Wildman–Crippen LogP) is 3.28. The molecule has 3 rings (SSSR count). The van der Waals surface area contributed by atoms with E-state index in [1.807, 2.05) is 6.08 Å².